The highest BCUT2D eigenvalue weighted by molar-refractivity contribution is 5.79. The van der Waals surface area contributed by atoms with E-state index in [2.05, 4.69) is 26.0 Å². The average molecular weight is 276 g/mol. The Hall–Kier alpha value is -1.39. The molecule has 20 heavy (non-hydrogen) atoms. The third kappa shape index (κ3) is 3.38. The van der Waals surface area contributed by atoms with Crippen LogP contribution >= 0.6 is 0 Å². The molecule has 0 radical (unpaired) electrons. The number of nitrogens with zero attached hydrogens (tertiary/aromatic N) is 1. The smallest absolute Gasteiger partial charge is 0.227 e. The lowest BCUT2D eigenvalue weighted by atomic mass is 9.93. The molecule has 0 spiro atoms. The first-order chi connectivity index (χ1) is 9.63. The minimum absolute atomic E-state index is 0.131. The molecular formula is C16H24N2O2. The third-order valence-corrected chi connectivity index (χ3v) is 4.14. The van der Waals surface area contributed by atoms with Crippen molar-refractivity contribution in [2.45, 2.75) is 20.3 Å². The van der Waals surface area contributed by atoms with Gasteiger partial charge in [-0.2, -0.15) is 0 Å². The quantitative estimate of drug-likeness (QED) is 0.901. The molecule has 4 heteroatoms. The van der Waals surface area contributed by atoms with Crippen LogP contribution in [0.1, 0.15) is 16.7 Å². The topological polar surface area (TPSA) is 55.6 Å². The van der Waals surface area contributed by atoms with Gasteiger partial charge in [-0.1, -0.05) is 18.2 Å². The first-order valence-electron chi connectivity index (χ1n) is 7.25. The molecule has 1 aliphatic heterocycles. The van der Waals surface area contributed by atoms with Gasteiger partial charge in [0, 0.05) is 19.6 Å². The summed E-state index contributed by atoms with van der Waals surface area (Å²) in [7, 11) is 0. The Kier molecular flexibility index (Phi) is 5.15. The molecule has 0 aromatic heterocycles. The van der Waals surface area contributed by atoms with Crippen molar-refractivity contribution in [3.8, 4) is 0 Å². The Balaban J connectivity index is 2.08. The maximum atomic E-state index is 12.5. The van der Waals surface area contributed by atoms with E-state index in [4.69, 9.17) is 10.5 Å². The van der Waals surface area contributed by atoms with Crippen LogP contribution in [0.4, 0.5) is 0 Å². The van der Waals surface area contributed by atoms with Crippen molar-refractivity contribution in [2.75, 3.05) is 32.8 Å². The second kappa shape index (κ2) is 6.86. The van der Waals surface area contributed by atoms with Gasteiger partial charge < -0.3 is 15.4 Å². The van der Waals surface area contributed by atoms with Gasteiger partial charge in [0.2, 0.25) is 5.91 Å². The van der Waals surface area contributed by atoms with Crippen LogP contribution in [0, 0.1) is 19.8 Å². The van der Waals surface area contributed by atoms with Crippen molar-refractivity contribution in [3.63, 3.8) is 0 Å². The molecular weight excluding hydrogens is 252 g/mol. The maximum absolute atomic E-state index is 12.5. The number of ether oxygens (including phenoxy) is 1. The van der Waals surface area contributed by atoms with E-state index in [1.165, 1.54) is 16.7 Å². The number of carbonyl (C=O) groups is 1. The van der Waals surface area contributed by atoms with Crippen molar-refractivity contribution in [1.29, 1.82) is 0 Å². The third-order valence-electron chi connectivity index (χ3n) is 4.14. The predicted octanol–water partition coefficient (Wildman–Crippen LogP) is 1.28. The Morgan fingerprint density at radius 2 is 2.05 bits per heavy atom. The van der Waals surface area contributed by atoms with E-state index < -0.39 is 0 Å². The van der Waals surface area contributed by atoms with Gasteiger partial charge in [0.15, 0.2) is 0 Å². The van der Waals surface area contributed by atoms with Crippen LogP contribution in [0.2, 0.25) is 0 Å². The summed E-state index contributed by atoms with van der Waals surface area (Å²) in [6.07, 6.45) is 0.722. The van der Waals surface area contributed by atoms with Gasteiger partial charge in [-0.15, -0.1) is 0 Å². The molecule has 1 aromatic rings. The monoisotopic (exact) mass is 276 g/mol. The number of benzene rings is 1. The summed E-state index contributed by atoms with van der Waals surface area (Å²) in [5.41, 5.74) is 9.59. The lowest BCUT2D eigenvalue weighted by molar-refractivity contribution is -0.139. The van der Waals surface area contributed by atoms with Crippen LogP contribution in [-0.2, 0) is 16.0 Å². The fourth-order valence-electron chi connectivity index (χ4n) is 2.61. The summed E-state index contributed by atoms with van der Waals surface area (Å²) in [5.74, 6) is 0.0327. The van der Waals surface area contributed by atoms with Crippen LogP contribution in [0.5, 0.6) is 0 Å². The molecule has 1 unspecified atom stereocenters. The minimum Gasteiger partial charge on any atom is -0.378 e. The number of nitrogens with two attached hydrogens (primary N) is 1. The van der Waals surface area contributed by atoms with Gasteiger partial charge >= 0.3 is 0 Å². The lowest BCUT2D eigenvalue weighted by Gasteiger charge is -2.30. The molecule has 4 nitrogen and oxygen atoms in total. The number of hydrogen-bond acceptors (Lipinski definition) is 3. The number of carbonyl (C=O) groups excluding carboxylic acids is 1. The van der Waals surface area contributed by atoms with Gasteiger partial charge in [-0.25, -0.2) is 0 Å². The summed E-state index contributed by atoms with van der Waals surface area (Å²) < 4.78 is 5.29. The van der Waals surface area contributed by atoms with Crippen molar-refractivity contribution in [3.05, 3.63) is 34.9 Å². The molecule has 1 fully saturated rings. The Morgan fingerprint density at radius 1 is 1.35 bits per heavy atom. The molecule has 1 saturated heterocycles. The van der Waals surface area contributed by atoms with E-state index in [-0.39, 0.29) is 11.8 Å². The number of morpholine rings is 1. The first-order valence-corrected chi connectivity index (χ1v) is 7.25. The zero-order valence-electron chi connectivity index (χ0n) is 12.4. The number of rotatable bonds is 4. The Labute approximate surface area is 120 Å². The van der Waals surface area contributed by atoms with E-state index in [1.807, 2.05) is 11.0 Å². The molecule has 2 rings (SSSR count). The highest BCUT2D eigenvalue weighted by Gasteiger charge is 2.25. The molecule has 1 amide bonds. The van der Waals surface area contributed by atoms with Gasteiger partial charge in [0.05, 0.1) is 19.1 Å². The summed E-state index contributed by atoms with van der Waals surface area (Å²) in [5, 5.41) is 0. The summed E-state index contributed by atoms with van der Waals surface area (Å²) in [6.45, 7) is 7.23. The van der Waals surface area contributed by atoms with Gasteiger partial charge in [0.25, 0.3) is 0 Å². The van der Waals surface area contributed by atoms with Crippen molar-refractivity contribution >= 4 is 5.91 Å². The first kappa shape index (κ1) is 15.0. The van der Waals surface area contributed by atoms with Crippen molar-refractivity contribution in [1.82, 2.24) is 4.90 Å². The largest absolute Gasteiger partial charge is 0.378 e. The second-order valence-electron chi connectivity index (χ2n) is 5.43. The number of aryl methyl sites for hydroxylation is 1. The summed E-state index contributed by atoms with van der Waals surface area (Å²) in [6, 6.07) is 6.24. The number of amides is 1. The van der Waals surface area contributed by atoms with Crippen LogP contribution in [0.25, 0.3) is 0 Å². The second-order valence-corrected chi connectivity index (χ2v) is 5.43. The Morgan fingerprint density at radius 3 is 2.70 bits per heavy atom. The molecule has 0 aliphatic carbocycles. The van der Waals surface area contributed by atoms with Crippen LogP contribution in [0.15, 0.2) is 18.2 Å². The van der Waals surface area contributed by atoms with E-state index in [1.54, 1.807) is 0 Å². The fraction of sp³-hybridized carbons (Fsp3) is 0.562. The highest BCUT2D eigenvalue weighted by atomic mass is 16.5. The van der Waals surface area contributed by atoms with Crippen molar-refractivity contribution in [2.24, 2.45) is 11.7 Å². The zero-order valence-corrected chi connectivity index (χ0v) is 12.4. The molecule has 1 heterocycles. The standard InChI is InChI=1S/C16H24N2O2/c1-12-4-3-5-14(13(12)2)10-15(11-17)16(19)18-6-8-20-9-7-18/h3-5,15H,6-11,17H2,1-2H3. The van der Waals surface area contributed by atoms with Crippen LogP contribution < -0.4 is 5.73 Å². The van der Waals surface area contributed by atoms with Gasteiger partial charge in [-0.05, 0) is 37.0 Å². The fourth-order valence-corrected chi connectivity index (χ4v) is 2.61. The van der Waals surface area contributed by atoms with E-state index in [9.17, 15) is 4.79 Å². The van der Waals surface area contributed by atoms with Gasteiger partial charge in [0.1, 0.15) is 0 Å². The average Bonchev–Trinajstić information content (AvgIpc) is 2.49. The Bertz CT molecular complexity index is 468. The molecule has 1 atom stereocenters. The molecule has 0 saturated carbocycles. The van der Waals surface area contributed by atoms with Crippen LogP contribution in [0.3, 0.4) is 0 Å². The van der Waals surface area contributed by atoms with E-state index in [0.717, 1.165) is 6.42 Å². The van der Waals surface area contributed by atoms with E-state index >= 15 is 0 Å². The zero-order chi connectivity index (χ0) is 14.5. The molecule has 1 aromatic carbocycles. The summed E-state index contributed by atoms with van der Waals surface area (Å²) in [4.78, 5) is 14.4. The molecule has 0 bridgehead atoms. The SMILES string of the molecule is Cc1cccc(CC(CN)C(=O)N2CCOCC2)c1C. The molecule has 2 N–H and O–H groups in total. The molecule has 110 valence electrons. The maximum Gasteiger partial charge on any atom is 0.227 e. The van der Waals surface area contributed by atoms with Crippen LogP contribution in [-0.4, -0.2) is 43.7 Å². The highest BCUT2D eigenvalue weighted by Crippen LogP contribution is 2.18. The lowest BCUT2D eigenvalue weighted by Crippen LogP contribution is -2.46. The summed E-state index contributed by atoms with van der Waals surface area (Å²) >= 11 is 0. The molecule has 1 aliphatic rings. The van der Waals surface area contributed by atoms with E-state index in [0.29, 0.717) is 32.8 Å². The minimum atomic E-state index is -0.131. The predicted molar refractivity (Wildman–Crippen MR) is 79.6 cm³/mol. The normalized spacial score (nSPS) is 17.1. The number of hydrogen-bond donors (Lipinski definition) is 1. The van der Waals surface area contributed by atoms with Gasteiger partial charge in [-0.3, -0.25) is 4.79 Å². The van der Waals surface area contributed by atoms with Crippen molar-refractivity contribution < 1.29 is 9.53 Å².